The molecule has 0 aliphatic carbocycles. The van der Waals surface area contributed by atoms with Crippen LogP contribution in [0.1, 0.15) is 17.0 Å². The molecular formula is C20H17F4N3OS. The van der Waals surface area contributed by atoms with Crippen LogP contribution in [0.2, 0.25) is 0 Å². The Labute approximate surface area is 169 Å². The van der Waals surface area contributed by atoms with Crippen molar-refractivity contribution in [3.8, 4) is 5.75 Å². The molecule has 3 rings (SSSR count). The van der Waals surface area contributed by atoms with Crippen molar-refractivity contribution >= 4 is 11.8 Å². The lowest BCUT2D eigenvalue weighted by Crippen LogP contribution is -2.07. The second-order valence-electron chi connectivity index (χ2n) is 6.03. The van der Waals surface area contributed by atoms with Crippen molar-refractivity contribution in [3.05, 3.63) is 84.0 Å². The summed E-state index contributed by atoms with van der Waals surface area (Å²) in [6.07, 6.45) is -2.71. The van der Waals surface area contributed by atoms with E-state index in [1.54, 1.807) is 16.7 Å². The summed E-state index contributed by atoms with van der Waals surface area (Å²) in [7, 11) is 0. The Balaban J connectivity index is 1.69. The van der Waals surface area contributed by atoms with Gasteiger partial charge in [0.15, 0.2) is 11.0 Å². The fourth-order valence-corrected chi connectivity index (χ4v) is 3.42. The Morgan fingerprint density at radius 1 is 1.10 bits per heavy atom. The lowest BCUT2D eigenvalue weighted by Gasteiger charge is -2.10. The number of aromatic nitrogens is 3. The van der Waals surface area contributed by atoms with Crippen molar-refractivity contribution in [2.24, 2.45) is 0 Å². The van der Waals surface area contributed by atoms with Crippen LogP contribution < -0.4 is 4.74 Å². The van der Waals surface area contributed by atoms with Gasteiger partial charge in [-0.2, -0.15) is 13.2 Å². The van der Waals surface area contributed by atoms with E-state index in [2.05, 4.69) is 16.8 Å². The van der Waals surface area contributed by atoms with Crippen LogP contribution in [0.4, 0.5) is 17.6 Å². The number of hydrogen-bond donors (Lipinski definition) is 0. The van der Waals surface area contributed by atoms with Crippen LogP contribution in [0.3, 0.4) is 0 Å². The number of rotatable bonds is 8. The fourth-order valence-electron chi connectivity index (χ4n) is 2.51. The number of halogens is 4. The van der Waals surface area contributed by atoms with Crippen molar-refractivity contribution in [1.82, 2.24) is 14.8 Å². The van der Waals surface area contributed by atoms with Crippen molar-refractivity contribution in [2.75, 3.05) is 0 Å². The summed E-state index contributed by atoms with van der Waals surface area (Å²) in [5.41, 5.74) is -0.154. The van der Waals surface area contributed by atoms with E-state index in [0.29, 0.717) is 34.6 Å². The molecule has 0 unspecified atom stereocenters. The molecule has 0 saturated carbocycles. The number of nitrogens with zero attached hydrogens (tertiary/aromatic N) is 3. The van der Waals surface area contributed by atoms with E-state index in [-0.39, 0.29) is 12.4 Å². The molecule has 0 radical (unpaired) electrons. The Morgan fingerprint density at radius 2 is 1.86 bits per heavy atom. The van der Waals surface area contributed by atoms with E-state index in [1.165, 1.54) is 42.1 Å². The topological polar surface area (TPSA) is 39.9 Å². The minimum Gasteiger partial charge on any atom is -0.486 e. The molecule has 0 amide bonds. The minimum atomic E-state index is -4.38. The summed E-state index contributed by atoms with van der Waals surface area (Å²) in [4.78, 5) is 0. The number of hydrogen-bond acceptors (Lipinski definition) is 4. The molecule has 4 nitrogen and oxygen atoms in total. The third-order valence-corrected chi connectivity index (χ3v) is 4.95. The molecule has 2 aromatic carbocycles. The number of alkyl halides is 3. The van der Waals surface area contributed by atoms with Crippen molar-refractivity contribution in [1.29, 1.82) is 0 Å². The highest BCUT2D eigenvalue weighted by Crippen LogP contribution is 2.31. The first-order chi connectivity index (χ1) is 13.9. The maximum atomic E-state index is 13.0. The standard InChI is InChI=1S/C20H17F4N3OS/c1-2-10-27-18(12-28-17-8-6-16(21)7-9-17)25-26-19(27)29-13-14-4-3-5-15(11-14)20(22,23)24/h2-9,11H,1,10,12-13H2. The van der Waals surface area contributed by atoms with Gasteiger partial charge in [0.2, 0.25) is 0 Å². The molecule has 1 heterocycles. The van der Waals surface area contributed by atoms with E-state index in [0.717, 1.165) is 12.1 Å². The second kappa shape index (κ2) is 9.13. The van der Waals surface area contributed by atoms with Gasteiger partial charge in [0.05, 0.1) is 5.56 Å². The average molecular weight is 423 g/mol. The van der Waals surface area contributed by atoms with Crippen LogP contribution in [-0.2, 0) is 25.1 Å². The van der Waals surface area contributed by atoms with Gasteiger partial charge < -0.3 is 4.74 Å². The molecule has 0 saturated heterocycles. The predicted octanol–water partition coefficient (Wildman–Crippen LogP) is 5.49. The van der Waals surface area contributed by atoms with Gasteiger partial charge in [0.1, 0.15) is 18.2 Å². The van der Waals surface area contributed by atoms with Gasteiger partial charge >= 0.3 is 6.18 Å². The summed E-state index contributed by atoms with van der Waals surface area (Å²) in [5.74, 6) is 0.955. The predicted molar refractivity (Wildman–Crippen MR) is 102 cm³/mol. The third-order valence-electron chi connectivity index (χ3n) is 3.91. The zero-order valence-corrected chi connectivity index (χ0v) is 16.0. The van der Waals surface area contributed by atoms with Crippen LogP contribution in [0.25, 0.3) is 0 Å². The molecular weight excluding hydrogens is 406 g/mol. The van der Waals surface area contributed by atoms with Gasteiger partial charge in [-0.3, -0.25) is 4.57 Å². The highest BCUT2D eigenvalue weighted by atomic mass is 32.2. The van der Waals surface area contributed by atoms with E-state index in [4.69, 9.17) is 4.74 Å². The lowest BCUT2D eigenvalue weighted by molar-refractivity contribution is -0.137. The summed E-state index contributed by atoms with van der Waals surface area (Å²) >= 11 is 1.27. The van der Waals surface area contributed by atoms with Gasteiger partial charge in [0, 0.05) is 12.3 Å². The normalized spacial score (nSPS) is 11.4. The molecule has 0 atom stereocenters. The zero-order chi connectivity index (χ0) is 20.9. The van der Waals surface area contributed by atoms with Crippen LogP contribution >= 0.6 is 11.8 Å². The molecule has 9 heteroatoms. The van der Waals surface area contributed by atoms with Gasteiger partial charge in [-0.25, -0.2) is 4.39 Å². The Hall–Kier alpha value is -2.81. The molecule has 0 aliphatic rings. The number of allylic oxidation sites excluding steroid dienone is 1. The number of ether oxygens (including phenoxy) is 1. The van der Waals surface area contributed by atoms with Gasteiger partial charge in [-0.05, 0) is 35.9 Å². The molecule has 1 aromatic heterocycles. The van der Waals surface area contributed by atoms with Gasteiger partial charge in [-0.1, -0.05) is 36.0 Å². The van der Waals surface area contributed by atoms with Crippen molar-refractivity contribution < 1.29 is 22.3 Å². The van der Waals surface area contributed by atoms with Crippen LogP contribution in [0.15, 0.2) is 66.3 Å². The van der Waals surface area contributed by atoms with Crippen LogP contribution in [-0.4, -0.2) is 14.8 Å². The molecule has 0 bridgehead atoms. The molecule has 0 aliphatic heterocycles. The van der Waals surface area contributed by atoms with Crippen LogP contribution in [0, 0.1) is 5.82 Å². The number of benzene rings is 2. The molecule has 3 aromatic rings. The average Bonchev–Trinajstić information content (AvgIpc) is 3.07. The highest BCUT2D eigenvalue weighted by molar-refractivity contribution is 7.98. The first kappa shape index (κ1) is 20.9. The summed E-state index contributed by atoms with van der Waals surface area (Å²) in [5, 5.41) is 8.76. The Bertz CT molecular complexity index is 971. The maximum absolute atomic E-state index is 13.0. The summed E-state index contributed by atoms with van der Waals surface area (Å²) in [6.45, 7) is 4.23. The summed E-state index contributed by atoms with van der Waals surface area (Å²) in [6, 6.07) is 10.8. The largest absolute Gasteiger partial charge is 0.486 e. The molecule has 29 heavy (non-hydrogen) atoms. The maximum Gasteiger partial charge on any atom is 0.416 e. The van der Waals surface area contributed by atoms with Crippen molar-refractivity contribution in [2.45, 2.75) is 30.2 Å². The zero-order valence-electron chi connectivity index (χ0n) is 15.2. The SMILES string of the molecule is C=CCn1c(COc2ccc(F)cc2)nnc1SCc1cccc(C(F)(F)F)c1. The van der Waals surface area contributed by atoms with E-state index in [1.807, 2.05) is 0 Å². The van der Waals surface area contributed by atoms with Gasteiger partial charge in [0.25, 0.3) is 0 Å². The summed E-state index contributed by atoms with van der Waals surface area (Å²) < 4.78 is 59.0. The monoisotopic (exact) mass is 423 g/mol. The first-order valence-electron chi connectivity index (χ1n) is 8.57. The van der Waals surface area contributed by atoms with Crippen molar-refractivity contribution in [3.63, 3.8) is 0 Å². The molecule has 0 spiro atoms. The van der Waals surface area contributed by atoms with E-state index < -0.39 is 11.7 Å². The highest BCUT2D eigenvalue weighted by Gasteiger charge is 2.30. The minimum absolute atomic E-state index is 0.108. The van der Waals surface area contributed by atoms with Gasteiger partial charge in [-0.15, -0.1) is 16.8 Å². The molecule has 152 valence electrons. The second-order valence-corrected chi connectivity index (χ2v) is 6.97. The lowest BCUT2D eigenvalue weighted by atomic mass is 10.1. The first-order valence-corrected chi connectivity index (χ1v) is 9.55. The van der Waals surface area contributed by atoms with E-state index in [9.17, 15) is 17.6 Å². The Kier molecular flexibility index (Phi) is 6.58. The number of thioether (sulfide) groups is 1. The molecule has 0 fully saturated rings. The fraction of sp³-hybridized carbons (Fsp3) is 0.200. The van der Waals surface area contributed by atoms with Crippen LogP contribution in [0.5, 0.6) is 5.75 Å². The molecule has 0 N–H and O–H groups in total. The van der Waals surface area contributed by atoms with E-state index >= 15 is 0 Å². The Morgan fingerprint density at radius 3 is 2.55 bits per heavy atom. The third kappa shape index (κ3) is 5.60. The smallest absolute Gasteiger partial charge is 0.416 e. The quantitative estimate of drug-likeness (QED) is 0.273.